The van der Waals surface area contributed by atoms with Gasteiger partial charge >= 0.3 is 0 Å². The van der Waals surface area contributed by atoms with Crippen molar-refractivity contribution in [3.63, 3.8) is 0 Å². The Morgan fingerprint density at radius 2 is 2.05 bits per heavy atom. The van der Waals surface area contributed by atoms with E-state index >= 15 is 0 Å². The van der Waals surface area contributed by atoms with E-state index in [0.29, 0.717) is 5.91 Å². The molecular formula is C18H26N2O. The van der Waals surface area contributed by atoms with Crippen molar-refractivity contribution in [3.05, 3.63) is 35.4 Å². The SMILES string of the molecule is CC1c2ccccc2CCN1C(=O)CCC1CCNCC1. The van der Waals surface area contributed by atoms with Crippen molar-refractivity contribution in [2.45, 2.75) is 45.1 Å². The van der Waals surface area contributed by atoms with Gasteiger partial charge in [-0.25, -0.2) is 0 Å². The Bertz CT molecular complexity index is 494. The quantitative estimate of drug-likeness (QED) is 0.926. The number of benzene rings is 1. The van der Waals surface area contributed by atoms with Gasteiger partial charge in [0.1, 0.15) is 0 Å². The number of hydrogen-bond donors (Lipinski definition) is 1. The van der Waals surface area contributed by atoms with Crippen LogP contribution in [-0.4, -0.2) is 30.4 Å². The molecule has 1 atom stereocenters. The Hall–Kier alpha value is -1.35. The van der Waals surface area contributed by atoms with Crippen molar-refractivity contribution >= 4 is 5.91 Å². The predicted octanol–water partition coefficient (Wildman–Crippen LogP) is 2.91. The van der Waals surface area contributed by atoms with Gasteiger partial charge in [0, 0.05) is 13.0 Å². The first kappa shape index (κ1) is 14.6. The third kappa shape index (κ3) is 3.29. The molecule has 0 saturated carbocycles. The summed E-state index contributed by atoms with van der Waals surface area (Å²) in [4.78, 5) is 14.7. The summed E-state index contributed by atoms with van der Waals surface area (Å²) in [6.45, 7) is 5.28. The molecule has 21 heavy (non-hydrogen) atoms. The van der Waals surface area contributed by atoms with Crippen LogP contribution in [0.25, 0.3) is 0 Å². The smallest absolute Gasteiger partial charge is 0.223 e. The van der Waals surface area contributed by atoms with Crippen molar-refractivity contribution in [2.24, 2.45) is 5.92 Å². The highest BCUT2D eigenvalue weighted by molar-refractivity contribution is 5.77. The van der Waals surface area contributed by atoms with Crippen LogP contribution in [0, 0.1) is 5.92 Å². The van der Waals surface area contributed by atoms with E-state index in [-0.39, 0.29) is 6.04 Å². The average Bonchev–Trinajstić information content (AvgIpc) is 2.54. The van der Waals surface area contributed by atoms with Crippen LogP contribution in [0.15, 0.2) is 24.3 Å². The zero-order valence-corrected chi connectivity index (χ0v) is 13.0. The molecule has 0 spiro atoms. The summed E-state index contributed by atoms with van der Waals surface area (Å²) in [5, 5.41) is 3.39. The summed E-state index contributed by atoms with van der Waals surface area (Å²) in [5.74, 6) is 1.08. The topological polar surface area (TPSA) is 32.3 Å². The van der Waals surface area contributed by atoms with Gasteiger partial charge in [-0.3, -0.25) is 4.79 Å². The third-order valence-electron chi connectivity index (χ3n) is 5.14. The second kappa shape index (κ2) is 6.61. The molecule has 0 aromatic heterocycles. The van der Waals surface area contributed by atoms with E-state index in [2.05, 4.69) is 41.4 Å². The molecule has 1 aromatic carbocycles. The second-order valence-electron chi connectivity index (χ2n) is 6.44. The van der Waals surface area contributed by atoms with Crippen LogP contribution in [0.3, 0.4) is 0 Å². The van der Waals surface area contributed by atoms with Gasteiger partial charge in [0.2, 0.25) is 5.91 Å². The fraction of sp³-hybridized carbons (Fsp3) is 0.611. The van der Waals surface area contributed by atoms with E-state index < -0.39 is 0 Å². The van der Waals surface area contributed by atoms with E-state index in [1.54, 1.807) is 0 Å². The summed E-state index contributed by atoms with van der Waals surface area (Å²) in [6.07, 6.45) is 5.24. The fourth-order valence-electron chi connectivity index (χ4n) is 3.75. The molecule has 1 aromatic rings. The number of carbonyl (C=O) groups is 1. The number of amides is 1. The van der Waals surface area contributed by atoms with E-state index in [9.17, 15) is 4.79 Å². The lowest BCUT2D eigenvalue weighted by molar-refractivity contribution is -0.134. The van der Waals surface area contributed by atoms with E-state index in [1.165, 1.54) is 24.0 Å². The highest BCUT2D eigenvalue weighted by Gasteiger charge is 2.27. The molecule has 0 aliphatic carbocycles. The largest absolute Gasteiger partial charge is 0.336 e. The molecule has 0 bridgehead atoms. The Morgan fingerprint density at radius 3 is 2.86 bits per heavy atom. The summed E-state index contributed by atoms with van der Waals surface area (Å²) in [7, 11) is 0. The molecule has 3 heteroatoms. The molecule has 3 nitrogen and oxygen atoms in total. The average molecular weight is 286 g/mol. The lowest BCUT2D eigenvalue weighted by atomic mass is 9.91. The molecular weight excluding hydrogens is 260 g/mol. The molecule has 1 amide bonds. The summed E-state index contributed by atoms with van der Waals surface area (Å²) < 4.78 is 0. The summed E-state index contributed by atoms with van der Waals surface area (Å²) >= 11 is 0. The van der Waals surface area contributed by atoms with Crippen molar-refractivity contribution in [1.29, 1.82) is 0 Å². The molecule has 3 rings (SSSR count). The minimum absolute atomic E-state index is 0.232. The molecule has 0 radical (unpaired) electrons. The van der Waals surface area contributed by atoms with Crippen LogP contribution in [0.1, 0.15) is 49.8 Å². The molecule has 114 valence electrons. The van der Waals surface area contributed by atoms with Gasteiger partial charge in [-0.05, 0) is 62.7 Å². The molecule has 1 saturated heterocycles. The minimum atomic E-state index is 0.232. The summed E-state index contributed by atoms with van der Waals surface area (Å²) in [5.41, 5.74) is 2.74. The van der Waals surface area contributed by atoms with Crippen LogP contribution >= 0.6 is 0 Å². The van der Waals surface area contributed by atoms with Crippen LogP contribution < -0.4 is 5.32 Å². The number of hydrogen-bond acceptors (Lipinski definition) is 2. The molecule has 1 unspecified atom stereocenters. The lowest BCUT2D eigenvalue weighted by Gasteiger charge is -2.35. The van der Waals surface area contributed by atoms with Crippen LogP contribution in [0.4, 0.5) is 0 Å². The normalized spacial score (nSPS) is 22.9. The lowest BCUT2D eigenvalue weighted by Crippen LogP contribution is -2.39. The Morgan fingerprint density at radius 1 is 1.29 bits per heavy atom. The van der Waals surface area contributed by atoms with Gasteiger partial charge in [-0.15, -0.1) is 0 Å². The van der Waals surface area contributed by atoms with Gasteiger partial charge in [0.15, 0.2) is 0 Å². The van der Waals surface area contributed by atoms with Crippen LogP contribution in [-0.2, 0) is 11.2 Å². The number of nitrogens with zero attached hydrogens (tertiary/aromatic N) is 1. The van der Waals surface area contributed by atoms with Gasteiger partial charge in [0.05, 0.1) is 6.04 Å². The zero-order chi connectivity index (χ0) is 14.7. The Labute approximate surface area is 127 Å². The monoisotopic (exact) mass is 286 g/mol. The maximum Gasteiger partial charge on any atom is 0.223 e. The molecule has 1 fully saturated rings. The van der Waals surface area contributed by atoms with Crippen LogP contribution in [0.2, 0.25) is 0 Å². The highest BCUT2D eigenvalue weighted by atomic mass is 16.2. The number of rotatable bonds is 3. The standard InChI is InChI=1S/C18H26N2O/c1-14-17-5-3-2-4-16(17)10-13-20(14)18(21)7-6-15-8-11-19-12-9-15/h2-5,14-15,19H,6-13H2,1H3. The predicted molar refractivity (Wildman–Crippen MR) is 85.1 cm³/mol. The number of piperidine rings is 1. The Balaban J connectivity index is 1.58. The highest BCUT2D eigenvalue weighted by Crippen LogP contribution is 2.30. The van der Waals surface area contributed by atoms with E-state index in [0.717, 1.165) is 44.8 Å². The number of fused-ring (bicyclic) bond motifs is 1. The maximum atomic E-state index is 12.6. The molecule has 2 aliphatic rings. The molecule has 2 heterocycles. The van der Waals surface area contributed by atoms with Crippen LogP contribution in [0.5, 0.6) is 0 Å². The second-order valence-corrected chi connectivity index (χ2v) is 6.44. The van der Waals surface area contributed by atoms with Gasteiger partial charge < -0.3 is 10.2 Å². The van der Waals surface area contributed by atoms with E-state index in [4.69, 9.17) is 0 Å². The molecule has 1 N–H and O–H groups in total. The number of carbonyl (C=O) groups excluding carboxylic acids is 1. The van der Waals surface area contributed by atoms with Crippen molar-refractivity contribution in [2.75, 3.05) is 19.6 Å². The van der Waals surface area contributed by atoms with Crippen molar-refractivity contribution < 1.29 is 4.79 Å². The Kier molecular flexibility index (Phi) is 4.59. The third-order valence-corrected chi connectivity index (χ3v) is 5.14. The van der Waals surface area contributed by atoms with Gasteiger partial charge in [-0.2, -0.15) is 0 Å². The number of nitrogens with one attached hydrogen (secondary N) is 1. The first-order chi connectivity index (χ1) is 10.3. The fourth-order valence-corrected chi connectivity index (χ4v) is 3.75. The first-order valence-corrected chi connectivity index (χ1v) is 8.33. The first-order valence-electron chi connectivity index (χ1n) is 8.33. The zero-order valence-electron chi connectivity index (χ0n) is 13.0. The molecule has 2 aliphatic heterocycles. The van der Waals surface area contributed by atoms with Crippen molar-refractivity contribution in [1.82, 2.24) is 10.2 Å². The van der Waals surface area contributed by atoms with E-state index in [1.807, 2.05) is 0 Å². The summed E-state index contributed by atoms with van der Waals surface area (Å²) in [6, 6.07) is 8.78. The maximum absolute atomic E-state index is 12.6. The minimum Gasteiger partial charge on any atom is -0.336 e. The van der Waals surface area contributed by atoms with Gasteiger partial charge in [0.25, 0.3) is 0 Å². The van der Waals surface area contributed by atoms with Crippen molar-refractivity contribution in [3.8, 4) is 0 Å². The van der Waals surface area contributed by atoms with Gasteiger partial charge in [-0.1, -0.05) is 24.3 Å².